The van der Waals surface area contributed by atoms with E-state index in [-0.39, 0.29) is 11.5 Å². The van der Waals surface area contributed by atoms with E-state index in [1.807, 2.05) is 0 Å². The van der Waals surface area contributed by atoms with Crippen LogP contribution in [0.25, 0.3) is 0 Å². The molecule has 0 radical (unpaired) electrons. The fraction of sp³-hybridized carbons (Fsp3) is 0.737. The van der Waals surface area contributed by atoms with E-state index in [4.69, 9.17) is 14.2 Å². The first-order valence-corrected chi connectivity index (χ1v) is 8.78. The SMILES string of the molecule is CC=CC(=O)OC1C2OC3C=C(C)CCC3(C)C(C)(C1O)C21CO1. The van der Waals surface area contributed by atoms with E-state index in [2.05, 4.69) is 26.8 Å². The van der Waals surface area contributed by atoms with Crippen molar-refractivity contribution in [3.05, 3.63) is 23.8 Å². The lowest BCUT2D eigenvalue weighted by Crippen LogP contribution is -2.63. The molecule has 1 N–H and O–H groups in total. The molecule has 4 rings (SSSR count). The molecule has 132 valence electrons. The molecular weight excluding hydrogens is 308 g/mol. The monoisotopic (exact) mass is 334 g/mol. The molecule has 2 heterocycles. The van der Waals surface area contributed by atoms with Gasteiger partial charge in [-0.25, -0.2) is 4.79 Å². The molecule has 7 atom stereocenters. The number of epoxide rings is 1. The smallest absolute Gasteiger partial charge is 0.330 e. The molecule has 0 amide bonds. The van der Waals surface area contributed by atoms with Crippen LogP contribution in [-0.2, 0) is 19.0 Å². The van der Waals surface area contributed by atoms with Crippen LogP contribution < -0.4 is 0 Å². The Bertz CT molecular complexity index is 634. The van der Waals surface area contributed by atoms with Gasteiger partial charge in [0.1, 0.15) is 17.8 Å². The number of hydrogen-bond acceptors (Lipinski definition) is 5. The summed E-state index contributed by atoms with van der Waals surface area (Å²) in [7, 11) is 0. The molecule has 1 saturated carbocycles. The molecule has 2 aliphatic heterocycles. The Balaban J connectivity index is 1.76. The van der Waals surface area contributed by atoms with Crippen molar-refractivity contribution >= 4 is 5.97 Å². The molecule has 3 fully saturated rings. The minimum Gasteiger partial charge on any atom is -0.454 e. The van der Waals surface area contributed by atoms with E-state index in [0.717, 1.165) is 12.8 Å². The van der Waals surface area contributed by atoms with Crippen LogP contribution >= 0.6 is 0 Å². The lowest BCUT2D eigenvalue weighted by Gasteiger charge is -2.56. The predicted molar refractivity (Wildman–Crippen MR) is 87.2 cm³/mol. The second-order valence-corrected chi connectivity index (χ2v) is 8.13. The van der Waals surface area contributed by atoms with Crippen LogP contribution in [0.1, 0.15) is 40.5 Å². The van der Waals surface area contributed by atoms with Gasteiger partial charge in [0.05, 0.1) is 12.7 Å². The first-order valence-electron chi connectivity index (χ1n) is 8.78. The third kappa shape index (κ3) is 1.73. The number of aliphatic hydroxyl groups excluding tert-OH is 1. The average molecular weight is 334 g/mol. The van der Waals surface area contributed by atoms with E-state index in [1.54, 1.807) is 13.0 Å². The molecule has 5 nitrogen and oxygen atoms in total. The average Bonchev–Trinajstić information content (AvgIpc) is 3.31. The van der Waals surface area contributed by atoms with Crippen molar-refractivity contribution in [3.63, 3.8) is 0 Å². The largest absolute Gasteiger partial charge is 0.454 e. The molecule has 24 heavy (non-hydrogen) atoms. The summed E-state index contributed by atoms with van der Waals surface area (Å²) in [6.45, 7) is 8.70. The number of hydrogen-bond donors (Lipinski definition) is 1. The van der Waals surface area contributed by atoms with Crippen molar-refractivity contribution in [2.75, 3.05) is 6.61 Å². The number of carbonyl (C=O) groups excluding carboxylic acids is 1. The van der Waals surface area contributed by atoms with Gasteiger partial charge in [-0.2, -0.15) is 0 Å². The molecule has 0 aromatic heterocycles. The van der Waals surface area contributed by atoms with E-state index >= 15 is 0 Å². The summed E-state index contributed by atoms with van der Waals surface area (Å²) < 4.78 is 17.9. The molecule has 7 unspecified atom stereocenters. The predicted octanol–water partition coefficient (Wildman–Crippen LogP) is 2.14. The molecular formula is C19H26O5. The number of esters is 1. The summed E-state index contributed by atoms with van der Waals surface area (Å²) in [4.78, 5) is 12.0. The Kier molecular flexibility index (Phi) is 3.35. The summed E-state index contributed by atoms with van der Waals surface area (Å²) in [5.74, 6) is -0.447. The maximum Gasteiger partial charge on any atom is 0.330 e. The maximum atomic E-state index is 12.0. The summed E-state index contributed by atoms with van der Waals surface area (Å²) in [5.41, 5.74) is 0.00865. The Morgan fingerprint density at radius 1 is 1.46 bits per heavy atom. The second-order valence-electron chi connectivity index (χ2n) is 8.13. The standard InChI is InChI=1S/C19H26O5/c1-5-6-13(20)24-14-15(21)18(4)17(3)8-7-11(2)9-12(17)23-16(14)19(18)10-22-19/h5-6,9,12,14-16,21H,7-8,10H2,1-4H3. The van der Waals surface area contributed by atoms with Crippen LogP contribution in [0, 0.1) is 10.8 Å². The van der Waals surface area contributed by atoms with Gasteiger partial charge in [0.2, 0.25) is 0 Å². The second kappa shape index (κ2) is 4.93. The highest BCUT2D eigenvalue weighted by molar-refractivity contribution is 5.82. The Hall–Kier alpha value is -1.17. The maximum absolute atomic E-state index is 12.0. The van der Waals surface area contributed by atoms with Gasteiger partial charge in [-0.05, 0) is 26.7 Å². The zero-order chi connectivity index (χ0) is 17.3. The number of allylic oxidation sites excluding steroid dienone is 2. The van der Waals surface area contributed by atoms with E-state index < -0.39 is 35.3 Å². The van der Waals surface area contributed by atoms with Crippen LogP contribution in [0.15, 0.2) is 23.8 Å². The van der Waals surface area contributed by atoms with Crippen LogP contribution in [0.5, 0.6) is 0 Å². The van der Waals surface area contributed by atoms with Gasteiger partial charge < -0.3 is 19.3 Å². The molecule has 4 aliphatic rings. The summed E-state index contributed by atoms with van der Waals surface area (Å²) >= 11 is 0. The van der Waals surface area contributed by atoms with Gasteiger partial charge in [0.15, 0.2) is 6.10 Å². The quantitative estimate of drug-likeness (QED) is 0.363. The topological polar surface area (TPSA) is 68.3 Å². The van der Waals surface area contributed by atoms with E-state index in [0.29, 0.717) is 6.61 Å². The van der Waals surface area contributed by atoms with Crippen molar-refractivity contribution in [2.45, 2.75) is 70.6 Å². The van der Waals surface area contributed by atoms with E-state index in [1.165, 1.54) is 11.6 Å². The summed E-state index contributed by atoms with van der Waals surface area (Å²) in [6.07, 6.45) is 5.09. The molecule has 2 aliphatic carbocycles. The van der Waals surface area contributed by atoms with Gasteiger partial charge in [0, 0.05) is 16.9 Å². The number of carbonyl (C=O) groups is 1. The van der Waals surface area contributed by atoms with Crippen LogP contribution in [0.2, 0.25) is 0 Å². The van der Waals surface area contributed by atoms with Crippen LogP contribution in [-0.4, -0.2) is 47.7 Å². The zero-order valence-electron chi connectivity index (χ0n) is 14.7. The van der Waals surface area contributed by atoms with Gasteiger partial charge >= 0.3 is 5.97 Å². The van der Waals surface area contributed by atoms with E-state index in [9.17, 15) is 9.90 Å². The summed E-state index contributed by atoms with van der Waals surface area (Å²) in [5, 5.41) is 11.2. The van der Waals surface area contributed by atoms with Crippen molar-refractivity contribution in [2.24, 2.45) is 10.8 Å². The first kappa shape index (κ1) is 16.3. The van der Waals surface area contributed by atoms with Crippen LogP contribution in [0.4, 0.5) is 0 Å². The highest BCUT2D eigenvalue weighted by atomic mass is 16.7. The van der Waals surface area contributed by atoms with Gasteiger partial charge in [-0.1, -0.05) is 31.6 Å². The fourth-order valence-corrected chi connectivity index (χ4v) is 5.32. The Labute approximate surface area is 142 Å². The molecule has 5 heteroatoms. The van der Waals surface area contributed by atoms with Crippen molar-refractivity contribution < 1.29 is 24.1 Å². The number of aliphatic hydroxyl groups is 1. The Morgan fingerprint density at radius 2 is 2.17 bits per heavy atom. The highest BCUT2D eigenvalue weighted by Gasteiger charge is 2.84. The van der Waals surface area contributed by atoms with Crippen molar-refractivity contribution in [1.29, 1.82) is 0 Å². The highest BCUT2D eigenvalue weighted by Crippen LogP contribution is 2.71. The fourth-order valence-electron chi connectivity index (χ4n) is 5.32. The molecule has 2 bridgehead atoms. The normalized spacial score (nSPS) is 52.3. The minimum atomic E-state index is -0.805. The number of ether oxygens (including phenoxy) is 3. The molecule has 0 aromatic carbocycles. The Morgan fingerprint density at radius 3 is 2.79 bits per heavy atom. The zero-order valence-corrected chi connectivity index (χ0v) is 14.7. The van der Waals surface area contributed by atoms with Gasteiger partial charge in [-0.15, -0.1) is 0 Å². The van der Waals surface area contributed by atoms with Crippen LogP contribution in [0.3, 0.4) is 0 Å². The minimum absolute atomic E-state index is 0.0869. The first-order chi connectivity index (χ1) is 11.3. The summed E-state index contributed by atoms with van der Waals surface area (Å²) in [6, 6.07) is 0. The molecule has 1 spiro atoms. The van der Waals surface area contributed by atoms with Gasteiger partial charge in [0.25, 0.3) is 0 Å². The molecule has 2 saturated heterocycles. The van der Waals surface area contributed by atoms with Crippen molar-refractivity contribution in [3.8, 4) is 0 Å². The lowest BCUT2D eigenvalue weighted by atomic mass is 9.52. The number of rotatable bonds is 2. The van der Waals surface area contributed by atoms with Gasteiger partial charge in [-0.3, -0.25) is 0 Å². The van der Waals surface area contributed by atoms with Crippen molar-refractivity contribution in [1.82, 2.24) is 0 Å². The third-order valence-corrected chi connectivity index (χ3v) is 7.13. The lowest BCUT2D eigenvalue weighted by molar-refractivity contribution is -0.207. The number of fused-ring (bicyclic) bond motifs is 2. The molecule has 0 aromatic rings. The third-order valence-electron chi connectivity index (χ3n) is 7.13.